The molecule has 0 bridgehead atoms. The third kappa shape index (κ3) is 3.87. The first-order chi connectivity index (χ1) is 11.0. The van der Waals surface area contributed by atoms with Crippen molar-refractivity contribution in [3.63, 3.8) is 0 Å². The van der Waals surface area contributed by atoms with Gasteiger partial charge in [0.15, 0.2) is 0 Å². The third-order valence-electron chi connectivity index (χ3n) is 3.23. The fourth-order valence-electron chi connectivity index (χ4n) is 2.05. The summed E-state index contributed by atoms with van der Waals surface area (Å²) in [5, 5.41) is 0. The Morgan fingerprint density at radius 3 is 1.79 bits per heavy atom. The Balaban J connectivity index is 2.55. The molecule has 0 heterocycles. The average molecular weight is 348 g/mol. The lowest BCUT2D eigenvalue weighted by Gasteiger charge is -2.12. The number of methoxy groups -OCH3 is 1. The number of benzene rings is 2. The molecule has 0 amide bonds. The van der Waals surface area contributed by atoms with Gasteiger partial charge in [0.2, 0.25) is 0 Å². The maximum absolute atomic E-state index is 13.0. The van der Waals surface area contributed by atoms with E-state index in [9.17, 15) is 31.1 Å². The van der Waals surface area contributed by atoms with Gasteiger partial charge in [-0.25, -0.2) is 4.79 Å². The quantitative estimate of drug-likeness (QED) is 0.552. The number of halogens is 6. The maximum Gasteiger partial charge on any atom is 0.416 e. The highest BCUT2D eigenvalue weighted by molar-refractivity contribution is 5.91. The van der Waals surface area contributed by atoms with Crippen LogP contribution in [-0.2, 0) is 17.1 Å². The van der Waals surface area contributed by atoms with E-state index in [1.165, 1.54) is 0 Å². The van der Waals surface area contributed by atoms with Crippen molar-refractivity contribution in [1.29, 1.82) is 0 Å². The molecule has 2 nitrogen and oxygen atoms in total. The Bertz CT molecular complexity index is 745. The van der Waals surface area contributed by atoms with E-state index in [1.54, 1.807) is 0 Å². The van der Waals surface area contributed by atoms with E-state index in [-0.39, 0.29) is 16.7 Å². The van der Waals surface area contributed by atoms with Crippen LogP contribution in [0.25, 0.3) is 11.1 Å². The molecule has 0 atom stereocenters. The predicted octanol–water partition coefficient (Wildman–Crippen LogP) is 5.18. The predicted molar refractivity (Wildman–Crippen MR) is 73.2 cm³/mol. The second-order valence-corrected chi connectivity index (χ2v) is 4.86. The summed E-state index contributed by atoms with van der Waals surface area (Å²) in [4.78, 5) is 11.5. The summed E-state index contributed by atoms with van der Waals surface area (Å²) in [5.41, 5.74) is -2.30. The molecule has 0 aromatic heterocycles. The van der Waals surface area contributed by atoms with Gasteiger partial charge in [-0.3, -0.25) is 0 Å². The van der Waals surface area contributed by atoms with Gasteiger partial charge in [-0.1, -0.05) is 12.1 Å². The molecule has 0 fully saturated rings. The molecule has 0 aliphatic rings. The number of hydrogen-bond donors (Lipinski definition) is 0. The minimum absolute atomic E-state index is 0.0426. The lowest BCUT2D eigenvalue weighted by atomic mass is 9.98. The Hall–Kier alpha value is -2.51. The van der Waals surface area contributed by atoms with E-state index in [0.717, 1.165) is 43.5 Å². The van der Waals surface area contributed by atoms with Crippen molar-refractivity contribution in [3.8, 4) is 11.1 Å². The highest BCUT2D eigenvalue weighted by Gasteiger charge is 2.32. The van der Waals surface area contributed by atoms with Crippen LogP contribution in [0.5, 0.6) is 0 Å². The van der Waals surface area contributed by atoms with Crippen LogP contribution in [0.15, 0.2) is 42.5 Å². The van der Waals surface area contributed by atoms with Gasteiger partial charge < -0.3 is 4.74 Å². The molecule has 0 unspecified atom stereocenters. The molecule has 0 radical (unpaired) electrons. The van der Waals surface area contributed by atoms with Gasteiger partial charge in [-0.2, -0.15) is 26.3 Å². The fraction of sp³-hybridized carbons (Fsp3) is 0.188. The number of carbonyl (C=O) groups excluding carboxylic acids is 1. The van der Waals surface area contributed by atoms with Crippen LogP contribution in [0, 0.1) is 0 Å². The zero-order valence-electron chi connectivity index (χ0n) is 12.1. The lowest BCUT2D eigenvalue weighted by molar-refractivity contribution is -0.138. The van der Waals surface area contributed by atoms with Gasteiger partial charge in [-0.15, -0.1) is 0 Å². The topological polar surface area (TPSA) is 26.3 Å². The van der Waals surface area contributed by atoms with E-state index in [4.69, 9.17) is 0 Å². The van der Waals surface area contributed by atoms with Gasteiger partial charge in [0.05, 0.1) is 23.8 Å². The van der Waals surface area contributed by atoms with Crippen LogP contribution in [0.3, 0.4) is 0 Å². The van der Waals surface area contributed by atoms with Gasteiger partial charge in [0.25, 0.3) is 0 Å². The standard InChI is InChI=1S/C16H10F6O2/c1-24-14(23)11-6-10(7-13(8-11)16(20,21)22)9-2-4-12(5-3-9)15(17,18)19/h2-8H,1H3. The summed E-state index contributed by atoms with van der Waals surface area (Å²) in [6, 6.07) is 6.11. The summed E-state index contributed by atoms with van der Waals surface area (Å²) >= 11 is 0. The van der Waals surface area contributed by atoms with Crippen molar-refractivity contribution in [2.45, 2.75) is 12.4 Å². The van der Waals surface area contributed by atoms with E-state index in [0.29, 0.717) is 6.07 Å². The number of esters is 1. The van der Waals surface area contributed by atoms with Crippen LogP contribution in [0.4, 0.5) is 26.3 Å². The molecular weight excluding hydrogens is 338 g/mol. The van der Waals surface area contributed by atoms with E-state index in [2.05, 4.69) is 4.74 Å². The summed E-state index contributed by atoms with van der Waals surface area (Å²) in [5.74, 6) is -0.978. The normalized spacial score (nSPS) is 12.1. The first kappa shape index (κ1) is 17.8. The molecule has 2 aromatic rings. The molecule has 128 valence electrons. The Morgan fingerprint density at radius 2 is 1.33 bits per heavy atom. The van der Waals surface area contributed by atoms with E-state index in [1.807, 2.05) is 0 Å². The van der Waals surface area contributed by atoms with Crippen LogP contribution < -0.4 is 0 Å². The molecule has 0 spiro atoms. The summed E-state index contributed by atoms with van der Waals surface area (Å²) in [7, 11) is 1.01. The van der Waals surface area contributed by atoms with Crippen LogP contribution in [0.1, 0.15) is 21.5 Å². The highest BCUT2D eigenvalue weighted by atomic mass is 19.4. The zero-order valence-corrected chi connectivity index (χ0v) is 12.1. The van der Waals surface area contributed by atoms with Crippen molar-refractivity contribution in [1.82, 2.24) is 0 Å². The summed E-state index contributed by atoms with van der Waals surface area (Å²) in [6.07, 6.45) is -9.27. The minimum atomic E-state index is -4.72. The molecule has 0 aliphatic carbocycles. The van der Waals surface area contributed by atoms with Gasteiger partial charge in [0, 0.05) is 0 Å². The van der Waals surface area contributed by atoms with E-state index >= 15 is 0 Å². The van der Waals surface area contributed by atoms with Crippen molar-refractivity contribution < 1.29 is 35.9 Å². The summed E-state index contributed by atoms with van der Waals surface area (Å²) < 4.78 is 80.9. The Kier molecular flexibility index (Phi) is 4.59. The average Bonchev–Trinajstić information content (AvgIpc) is 2.52. The molecular formula is C16H10F6O2. The summed E-state index contributed by atoms with van der Waals surface area (Å²) in [6.45, 7) is 0. The number of rotatable bonds is 2. The first-order valence-electron chi connectivity index (χ1n) is 6.50. The van der Waals surface area contributed by atoms with E-state index < -0.39 is 29.4 Å². The van der Waals surface area contributed by atoms with Gasteiger partial charge >= 0.3 is 18.3 Å². The number of carbonyl (C=O) groups is 1. The smallest absolute Gasteiger partial charge is 0.416 e. The van der Waals surface area contributed by atoms with Crippen molar-refractivity contribution >= 4 is 5.97 Å². The SMILES string of the molecule is COC(=O)c1cc(-c2ccc(C(F)(F)F)cc2)cc(C(F)(F)F)c1. The zero-order chi connectivity index (χ0) is 18.1. The Morgan fingerprint density at radius 1 is 0.792 bits per heavy atom. The molecule has 2 rings (SSSR count). The third-order valence-corrected chi connectivity index (χ3v) is 3.23. The molecule has 8 heteroatoms. The fourth-order valence-corrected chi connectivity index (χ4v) is 2.05. The molecule has 0 aliphatic heterocycles. The Labute approximate surface area is 132 Å². The van der Waals surface area contributed by atoms with Crippen molar-refractivity contribution in [2.24, 2.45) is 0 Å². The minimum Gasteiger partial charge on any atom is -0.465 e. The van der Waals surface area contributed by atoms with Crippen LogP contribution in [-0.4, -0.2) is 13.1 Å². The lowest BCUT2D eigenvalue weighted by Crippen LogP contribution is -2.09. The van der Waals surface area contributed by atoms with Crippen LogP contribution in [0.2, 0.25) is 0 Å². The number of hydrogen-bond acceptors (Lipinski definition) is 2. The monoisotopic (exact) mass is 348 g/mol. The van der Waals surface area contributed by atoms with Gasteiger partial charge in [-0.05, 0) is 41.5 Å². The van der Waals surface area contributed by atoms with Crippen LogP contribution >= 0.6 is 0 Å². The number of ether oxygens (including phenoxy) is 1. The first-order valence-corrected chi connectivity index (χ1v) is 6.50. The van der Waals surface area contributed by atoms with Crippen molar-refractivity contribution in [2.75, 3.05) is 7.11 Å². The molecule has 0 saturated heterocycles. The molecule has 0 saturated carbocycles. The number of alkyl halides is 6. The maximum atomic E-state index is 13.0. The van der Waals surface area contributed by atoms with Crippen molar-refractivity contribution in [3.05, 3.63) is 59.2 Å². The highest BCUT2D eigenvalue weighted by Crippen LogP contribution is 2.35. The second-order valence-electron chi connectivity index (χ2n) is 4.86. The molecule has 24 heavy (non-hydrogen) atoms. The molecule has 0 N–H and O–H groups in total. The largest absolute Gasteiger partial charge is 0.465 e. The second kappa shape index (κ2) is 6.18. The molecule has 2 aromatic carbocycles. The van der Waals surface area contributed by atoms with Gasteiger partial charge in [0.1, 0.15) is 0 Å².